The Morgan fingerprint density at radius 1 is 0.511 bits per heavy atom. The number of unbranched alkanes of at least 4 members (excludes halogenated alkanes) is 16. The highest BCUT2D eigenvalue weighted by Gasteiger charge is 2.62. The van der Waals surface area contributed by atoms with E-state index in [9.17, 15) is 19.2 Å². The van der Waals surface area contributed by atoms with Gasteiger partial charge in [0.05, 0.1) is 13.2 Å². The van der Waals surface area contributed by atoms with Crippen molar-refractivity contribution >= 4 is 23.9 Å². The van der Waals surface area contributed by atoms with E-state index in [0.717, 1.165) is 38.5 Å². The molecule has 4 atom stereocenters. The Morgan fingerprint density at radius 2 is 0.894 bits per heavy atom. The van der Waals surface area contributed by atoms with E-state index >= 15 is 0 Å². The van der Waals surface area contributed by atoms with E-state index in [0.29, 0.717) is 12.8 Å². The lowest BCUT2D eigenvalue weighted by molar-refractivity contribution is -0.460. The van der Waals surface area contributed by atoms with Gasteiger partial charge in [0.25, 0.3) is 0 Å². The summed E-state index contributed by atoms with van der Waals surface area (Å²) in [6.07, 6.45) is 14.8. The average Bonchev–Trinajstić information content (AvgIpc) is 3.00. The van der Waals surface area contributed by atoms with Crippen molar-refractivity contribution in [3.8, 4) is 0 Å². The van der Waals surface area contributed by atoms with E-state index < -0.39 is 54.3 Å². The molecule has 47 heavy (non-hydrogen) atoms. The normalized spacial score (nSPS) is 20.4. The molecule has 1 heterocycles. The standard InChI is InChI=1S/C36H64O11/c1-7-9-11-13-15-17-19-21-23-25-42-36(43-26-24-22-20-18-16-14-12-10-8-2)35(46-31(6)40)34(45-30(5)39)33(44-29(4)38)32(47-36)27-41-28(3)37/h32-35H,7-27H2,1-6H3/t32-,33-,34+,35-/m1/s1. The zero-order valence-corrected chi connectivity index (χ0v) is 30.1. The molecule has 11 heteroatoms. The van der Waals surface area contributed by atoms with Gasteiger partial charge < -0.3 is 33.2 Å². The first-order valence-electron chi connectivity index (χ1n) is 18.2. The molecule has 0 radical (unpaired) electrons. The maximum absolute atomic E-state index is 12.4. The minimum absolute atomic E-state index is 0.205. The van der Waals surface area contributed by atoms with Crippen molar-refractivity contribution in [3.05, 3.63) is 0 Å². The molecule has 1 aliphatic heterocycles. The summed E-state index contributed by atoms with van der Waals surface area (Å²) >= 11 is 0. The highest BCUT2D eigenvalue weighted by Crippen LogP contribution is 2.38. The van der Waals surface area contributed by atoms with Crippen molar-refractivity contribution in [1.29, 1.82) is 0 Å². The van der Waals surface area contributed by atoms with Gasteiger partial charge in [-0.3, -0.25) is 19.2 Å². The number of esters is 4. The van der Waals surface area contributed by atoms with Gasteiger partial charge in [-0.25, -0.2) is 0 Å². The number of hydrogen-bond acceptors (Lipinski definition) is 11. The van der Waals surface area contributed by atoms with Gasteiger partial charge in [0, 0.05) is 27.7 Å². The summed E-state index contributed by atoms with van der Waals surface area (Å²) < 4.78 is 41.1. The monoisotopic (exact) mass is 672 g/mol. The van der Waals surface area contributed by atoms with Gasteiger partial charge in [0.1, 0.15) is 12.7 Å². The summed E-state index contributed by atoms with van der Waals surface area (Å²) in [5, 5.41) is 0. The minimum Gasteiger partial charge on any atom is -0.463 e. The third-order valence-corrected chi connectivity index (χ3v) is 8.10. The molecule has 0 N–H and O–H groups in total. The molecule has 0 aromatic rings. The Morgan fingerprint density at radius 3 is 1.28 bits per heavy atom. The zero-order chi connectivity index (χ0) is 34.9. The molecule has 0 aliphatic carbocycles. The fourth-order valence-electron chi connectivity index (χ4n) is 5.76. The van der Waals surface area contributed by atoms with E-state index in [2.05, 4.69) is 13.8 Å². The molecule has 0 saturated carbocycles. The average molecular weight is 673 g/mol. The molecular formula is C36H64O11. The molecule has 0 aromatic carbocycles. The molecule has 0 unspecified atom stereocenters. The van der Waals surface area contributed by atoms with Gasteiger partial charge in [-0.15, -0.1) is 0 Å². The first-order valence-corrected chi connectivity index (χ1v) is 18.2. The van der Waals surface area contributed by atoms with Crippen molar-refractivity contribution in [1.82, 2.24) is 0 Å². The number of carbonyl (C=O) groups is 4. The van der Waals surface area contributed by atoms with Crippen molar-refractivity contribution < 1.29 is 52.3 Å². The topological polar surface area (TPSA) is 133 Å². The van der Waals surface area contributed by atoms with Crippen LogP contribution in [-0.4, -0.2) is 74.1 Å². The van der Waals surface area contributed by atoms with Crippen LogP contribution >= 0.6 is 0 Å². The van der Waals surface area contributed by atoms with Gasteiger partial charge in [-0.2, -0.15) is 0 Å². The van der Waals surface area contributed by atoms with Gasteiger partial charge in [-0.05, 0) is 12.8 Å². The number of ether oxygens (including phenoxy) is 7. The molecule has 1 saturated heterocycles. The van der Waals surface area contributed by atoms with Crippen LogP contribution in [0, 0.1) is 0 Å². The van der Waals surface area contributed by atoms with Crippen LogP contribution in [0.2, 0.25) is 0 Å². The highest BCUT2D eigenvalue weighted by molar-refractivity contribution is 5.68. The molecule has 1 aliphatic rings. The molecule has 274 valence electrons. The molecule has 0 aromatic heterocycles. The summed E-state index contributed by atoms with van der Waals surface area (Å²) in [6, 6.07) is 0. The summed E-state index contributed by atoms with van der Waals surface area (Å²) in [4.78, 5) is 48.7. The van der Waals surface area contributed by atoms with Crippen LogP contribution in [0.15, 0.2) is 0 Å². The van der Waals surface area contributed by atoms with E-state index in [-0.39, 0.29) is 19.8 Å². The van der Waals surface area contributed by atoms with Crippen LogP contribution in [0.1, 0.15) is 157 Å². The van der Waals surface area contributed by atoms with E-state index in [1.165, 1.54) is 91.9 Å². The Kier molecular flexibility index (Phi) is 23.4. The Hall–Kier alpha value is -2.24. The van der Waals surface area contributed by atoms with Crippen LogP contribution in [0.25, 0.3) is 0 Å². The lowest BCUT2D eigenvalue weighted by Crippen LogP contribution is -2.70. The quantitative estimate of drug-likeness (QED) is 0.0372. The van der Waals surface area contributed by atoms with Crippen molar-refractivity contribution in [3.63, 3.8) is 0 Å². The van der Waals surface area contributed by atoms with E-state index in [1.807, 2.05) is 0 Å². The SMILES string of the molecule is CCCCCCCCCCCOC1(OCCCCCCCCCCC)O[C@H](COC(C)=O)[C@@H](OC(C)=O)[C@H](OC(C)=O)[C@H]1OC(C)=O. The first kappa shape index (κ1) is 42.8. The predicted molar refractivity (Wildman–Crippen MR) is 177 cm³/mol. The van der Waals surface area contributed by atoms with Crippen LogP contribution < -0.4 is 0 Å². The lowest BCUT2D eigenvalue weighted by Gasteiger charge is -2.49. The fourth-order valence-corrected chi connectivity index (χ4v) is 5.76. The van der Waals surface area contributed by atoms with Crippen molar-refractivity contribution in [2.45, 2.75) is 188 Å². The van der Waals surface area contributed by atoms with Crippen LogP contribution in [0.5, 0.6) is 0 Å². The second kappa shape index (κ2) is 25.7. The second-order valence-electron chi connectivity index (χ2n) is 12.6. The Labute approximate surface area is 283 Å². The van der Waals surface area contributed by atoms with E-state index in [1.54, 1.807) is 0 Å². The molecule has 1 rings (SSSR count). The number of hydrogen-bond donors (Lipinski definition) is 0. The maximum Gasteiger partial charge on any atom is 0.326 e. The maximum atomic E-state index is 12.4. The van der Waals surface area contributed by atoms with Gasteiger partial charge in [0.2, 0.25) is 6.10 Å². The minimum atomic E-state index is -2.01. The third-order valence-electron chi connectivity index (χ3n) is 8.10. The van der Waals surface area contributed by atoms with Gasteiger partial charge in [0.15, 0.2) is 12.2 Å². The van der Waals surface area contributed by atoms with Crippen molar-refractivity contribution in [2.75, 3.05) is 19.8 Å². The van der Waals surface area contributed by atoms with Gasteiger partial charge in [-0.1, -0.05) is 117 Å². The largest absolute Gasteiger partial charge is 0.463 e. The molecule has 0 amide bonds. The highest BCUT2D eigenvalue weighted by atomic mass is 16.9. The summed E-state index contributed by atoms with van der Waals surface area (Å²) in [5.74, 6) is -4.68. The zero-order valence-electron chi connectivity index (χ0n) is 30.1. The molecule has 0 bridgehead atoms. The number of carbonyl (C=O) groups excluding carboxylic acids is 4. The molecule has 0 spiro atoms. The Balaban J connectivity index is 3.17. The smallest absolute Gasteiger partial charge is 0.326 e. The molecule has 1 fully saturated rings. The van der Waals surface area contributed by atoms with Gasteiger partial charge >= 0.3 is 29.9 Å². The number of rotatable bonds is 27. The fraction of sp³-hybridized carbons (Fsp3) is 0.889. The first-order chi connectivity index (χ1) is 22.6. The van der Waals surface area contributed by atoms with E-state index in [4.69, 9.17) is 33.2 Å². The summed E-state index contributed by atoms with van der Waals surface area (Å²) in [7, 11) is 0. The lowest BCUT2D eigenvalue weighted by atomic mass is 9.96. The summed E-state index contributed by atoms with van der Waals surface area (Å²) in [5.41, 5.74) is 0. The second-order valence-corrected chi connectivity index (χ2v) is 12.6. The Bertz CT molecular complexity index is 853. The van der Waals surface area contributed by atoms with Crippen molar-refractivity contribution in [2.24, 2.45) is 0 Å². The molecular weight excluding hydrogens is 608 g/mol. The molecule has 11 nitrogen and oxygen atoms in total. The third kappa shape index (κ3) is 18.8. The van der Waals surface area contributed by atoms with Crippen LogP contribution in [0.3, 0.4) is 0 Å². The van der Waals surface area contributed by atoms with Crippen LogP contribution in [-0.2, 0) is 52.3 Å². The predicted octanol–water partition coefficient (Wildman–Crippen LogP) is 7.49. The summed E-state index contributed by atoms with van der Waals surface area (Å²) in [6.45, 7) is 9.31. The van der Waals surface area contributed by atoms with Crippen LogP contribution in [0.4, 0.5) is 0 Å².